The minimum atomic E-state index is -0.379. The first-order valence-electron chi connectivity index (χ1n) is 7.37. The van der Waals surface area contributed by atoms with E-state index >= 15 is 0 Å². The lowest BCUT2D eigenvalue weighted by atomic mass is 10.1. The second-order valence-corrected chi connectivity index (χ2v) is 5.38. The molecule has 0 aliphatic carbocycles. The number of rotatable bonds is 4. The number of aromatic nitrogens is 2. The Hall–Kier alpha value is -2.89. The van der Waals surface area contributed by atoms with Gasteiger partial charge >= 0.3 is 0 Å². The molecule has 0 saturated carbocycles. The average Bonchev–Trinajstić information content (AvgIpc) is 2.86. The number of amides is 1. The van der Waals surface area contributed by atoms with Crippen molar-refractivity contribution in [3.05, 3.63) is 63.4 Å². The molecule has 0 aliphatic rings. The number of furan rings is 1. The van der Waals surface area contributed by atoms with Gasteiger partial charge in [0.25, 0.3) is 11.5 Å². The van der Waals surface area contributed by atoms with Crippen LogP contribution in [-0.2, 0) is 6.42 Å². The van der Waals surface area contributed by atoms with Crippen LogP contribution in [-0.4, -0.2) is 22.4 Å². The number of fused-ring (bicyclic) bond motifs is 1. The molecule has 0 radical (unpaired) electrons. The number of nitrogens with one attached hydrogen (secondary N) is 2. The van der Waals surface area contributed by atoms with Crippen LogP contribution in [0.4, 0.5) is 0 Å². The molecule has 2 aromatic heterocycles. The standard InChI is InChI=1S/C17H17N3O3/c1-10-5-3-4-6-12(10)7-8-18-15(21)13-11(2)23-17-14(13)16(22)19-9-20-17/h3-6,9H,7-8H2,1-2H3,(H,18,21)(H,19,20,22). The Morgan fingerprint density at radius 1 is 1.30 bits per heavy atom. The van der Waals surface area contributed by atoms with Gasteiger partial charge in [0.1, 0.15) is 11.1 Å². The van der Waals surface area contributed by atoms with Crippen LogP contribution in [0.15, 0.2) is 39.8 Å². The molecular weight excluding hydrogens is 294 g/mol. The van der Waals surface area contributed by atoms with Crippen molar-refractivity contribution in [2.75, 3.05) is 6.54 Å². The van der Waals surface area contributed by atoms with Gasteiger partial charge in [0, 0.05) is 6.54 Å². The van der Waals surface area contributed by atoms with Gasteiger partial charge in [0.05, 0.1) is 11.9 Å². The Morgan fingerprint density at radius 2 is 2.09 bits per heavy atom. The fraction of sp³-hybridized carbons (Fsp3) is 0.235. The summed E-state index contributed by atoms with van der Waals surface area (Å²) in [6.07, 6.45) is 1.98. The van der Waals surface area contributed by atoms with Crippen molar-refractivity contribution in [1.82, 2.24) is 15.3 Å². The normalized spacial score (nSPS) is 10.9. The van der Waals surface area contributed by atoms with E-state index in [0.29, 0.717) is 12.3 Å². The molecule has 118 valence electrons. The first kappa shape index (κ1) is 15.0. The number of aryl methyl sites for hydroxylation is 2. The number of nitrogens with zero attached hydrogens (tertiary/aromatic N) is 1. The quantitative estimate of drug-likeness (QED) is 0.772. The smallest absolute Gasteiger partial charge is 0.262 e. The number of aromatic amines is 1. The molecule has 6 nitrogen and oxygen atoms in total. The van der Waals surface area contributed by atoms with Crippen molar-refractivity contribution in [2.24, 2.45) is 0 Å². The van der Waals surface area contributed by atoms with Crippen LogP contribution in [0.25, 0.3) is 11.1 Å². The summed E-state index contributed by atoms with van der Waals surface area (Å²) < 4.78 is 5.39. The lowest BCUT2D eigenvalue weighted by Crippen LogP contribution is -2.27. The van der Waals surface area contributed by atoms with Gasteiger partial charge in [-0.1, -0.05) is 24.3 Å². The zero-order valence-corrected chi connectivity index (χ0v) is 13.0. The highest BCUT2D eigenvalue weighted by Crippen LogP contribution is 2.20. The Bertz CT molecular complexity index is 924. The van der Waals surface area contributed by atoms with E-state index in [9.17, 15) is 9.59 Å². The highest BCUT2D eigenvalue weighted by molar-refractivity contribution is 6.06. The summed E-state index contributed by atoms with van der Waals surface area (Å²) in [6.45, 7) is 4.17. The topological polar surface area (TPSA) is 88.0 Å². The SMILES string of the molecule is Cc1ccccc1CCNC(=O)c1c(C)oc2nc[nH]c(=O)c12. The van der Waals surface area contributed by atoms with E-state index in [1.54, 1.807) is 6.92 Å². The minimum Gasteiger partial charge on any atom is -0.442 e. The van der Waals surface area contributed by atoms with Crippen molar-refractivity contribution < 1.29 is 9.21 Å². The maximum absolute atomic E-state index is 12.4. The summed E-state index contributed by atoms with van der Waals surface area (Å²) in [7, 11) is 0. The minimum absolute atomic E-state index is 0.176. The second-order valence-electron chi connectivity index (χ2n) is 5.38. The number of benzene rings is 1. The number of hydrogen-bond acceptors (Lipinski definition) is 4. The second kappa shape index (κ2) is 6.08. The highest BCUT2D eigenvalue weighted by Gasteiger charge is 2.21. The van der Waals surface area contributed by atoms with Gasteiger partial charge in [0.15, 0.2) is 0 Å². The number of hydrogen-bond donors (Lipinski definition) is 2. The van der Waals surface area contributed by atoms with Gasteiger partial charge in [-0.05, 0) is 31.4 Å². The molecule has 0 spiro atoms. The molecule has 1 amide bonds. The summed E-state index contributed by atoms with van der Waals surface area (Å²) >= 11 is 0. The summed E-state index contributed by atoms with van der Waals surface area (Å²) in [5.41, 5.74) is 2.42. The predicted octanol–water partition coefficient (Wildman–Crippen LogP) is 2.11. The van der Waals surface area contributed by atoms with Crippen molar-refractivity contribution in [3.63, 3.8) is 0 Å². The monoisotopic (exact) mass is 311 g/mol. The molecule has 23 heavy (non-hydrogen) atoms. The fourth-order valence-corrected chi connectivity index (χ4v) is 2.62. The van der Waals surface area contributed by atoms with E-state index in [1.165, 1.54) is 17.5 Å². The van der Waals surface area contributed by atoms with Crippen LogP contribution >= 0.6 is 0 Å². The summed E-state index contributed by atoms with van der Waals surface area (Å²) in [5, 5.41) is 3.03. The third-order valence-corrected chi connectivity index (χ3v) is 3.84. The average molecular weight is 311 g/mol. The third kappa shape index (κ3) is 2.88. The van der Waals surface area contributed by atoms with Gasteiger partial charge in [0.2, 0.25) is 5.71 Å². The molecule has 6 heteroatoms. The molecule has 3 rings (SSSR count). The van der Waals surface area contributed by atoms with Crippen LogP contribution in [0.5, 0.6) is 0 Å². The van der Waals surface area contributed by atoms with E-state index in [-0.39, 0.29) is 28.1 Å². The zero-order chi connectivity index (χ0) is 16.4. The van der Waals surface area contributed by atoms with Crippen molar-refractivity contribution in [2.45, 2.75) is 20.3 Å². The van der Waals surface area contributed by atoms with Gasteiger partial charge in [-0.2, -0.15) is 0 Å². The molecule has 0 aliphatic heterocycles. The van der Waals surface area contributed by atoms with E-state index in [2.05, 4.69) is 15.3 Å². The Balaban J connectivity index is 1.78. The molecule has 0 unspecified atom stereocenters. The molecule has 1 aromatic carbocycles. The van der Waals surface area contributed by atoms with Gasteiger partial charge < -0.3 is 14.7 Å². The largest absolute Gasteiger partial charge is 0.442 e. The van der Waals surface area contributed by atoms with Crippen LogP contribution in [0.3, 0.4) is 0 Å². The number of H-pyrrole nitrogens is 1. The van der Waals surface area contributed by atoms with Gasteiger partial charge in [-0.3, -0.25) is 9.59 Å². The fourth-order valence-electron chi connectivity index (χ4n) is 2.62. The van der Waals surface area contributed by atoms with Crippen LogP contribution in [0.2, 0.25) is 0 Å². The maximum atomic E-state index is 12.4. The summed E-state index contributed by atoms with van der Waals surface area (Å²) in [4.78, 5) is 30.7. The first-order valence-corrected chi connectivity index (χ1v) is 7.37. The molecule has 2 N–H and O–H groups in total. The molecule has 0 fully saturated rings. The Kier molecular flexibility index (Phi) is 3.97. The molecule has 0 atom stereocenters. The van der Waals surface area contributed by atoms with E-state index in [1.807, 2.05) is 31.2 Å². The molecule has 3 aromatic rings. The van der Waals surface area contributed by atoms with Gasteiger partial charge in [-0.15, -0.1) is 0 Å². The van der Waals surface area contributed by atoms with Gasteiger partial charge in [-0.25, -0.2) is 4.98 Å². The van der Waals surface area contributed by atoms with Crippen molar-refractivity contribution in [3.8, 4) is 0 Å². The molecule has 0 bridgehead atoms. The van der Waals surface area contributed by atoms with Crippen molar-refractivity contribution in [1.29, 1.82) is 0 Å². The van der Waals surface area contributed by atoms with Crippen LogP contribution in [0, 0.1) is 13.8 Å². The molecular formula is C17H17N3O3. The van der Waals surface area contributed by atoms with Crippen LogP contribution in [0.1, 0.15) is 27.2 Å². The first-order chi connectivity index (χ1) is 11.1. The van der Waals surface area contributed by atoms with E-state index in [4.69, 9.17) is 4.42 Å². The predicted molar refractivity (Wildman–Crippen MR) is 86.6 cm³/mol. The zero-order valence-electron chi connectivity index (χ0n) is 13.0. The number of carbonyl (C=O) groups is 1. The lowest BCUT2D eigenvalue weighted by Gasteiger charge is -2.07. The third-order valence-electron chi connectivity index (χ3n) is 3.84. The van der Waals surface area contributed by atoms with Crippen LogP contribution < -0.4 is 10.9 Å². The van der Waals surface area contributed by atoms with Crippen molar-refractivity contribution >= 4 is 17.0 Å². The Morgan fingerprint density at radius 3 is 2.87 bits per heavy atom. The molecule has 2 heterocycles. The summed E-state index contributed by atoms with van der Waals surface area (Å²) in [6, 6.07) is 8.03. The van der Waals surface area contributed by atoms with E-state index in [0.717, 1.165) is 6.42 Å². The maximum Gasteiger partial charge on any atom is 0.262 e. The number of carbonyl (C=O) groups excluding carboxylic acids is 1. The summed E-state index contributed by atoms with van der Waals surface area (Å²) in [5.74, 6) is 0.0610. The van der Waals surface area contributed by atoms with E-state index < -0.39 is 0 Å². The molecule has 0 saturated heterocycles. The lowest BCUT2D eigenvalue weighted by molar-refractivity contribution is 0.0954. The Labute approximate surface area is 132 Å². The highest BCUT2D eigenvalue weighted by atomic mass is 16.3.